The molecule has 1 aliphatic heterocycles. The number of aliphatic hydroxyl groups is 1. The van der Waals surface area contributed by atoms with Crippen molar-refractivity contribution in [2.24, 2.45) is 0 Å². The quantitative estimate of drug-likeness (QED) is 0.510. The zero-order chi connectivity index (χ0) is 14.3. The topological polar surface area (TPSA) is 68.2 Å². The summed E-state index contributed by atoms with van der Waals surface area (Å²) >= 11 is 0. The summed E-state index contributed by atoms with van der Waals surface area (Å²) in [7, 11) is 1.37. The maximum Gasteiger partial charge on any atom is 0.323 e. The van der Waals surface area contributed by atoms with E-state index in [0.717, 1.165) is 0 Å². The predicted molar refractivity (Wildman–Crippen MR) is 69.7 cm³/mol. The Morgan fingerprint density at radius 2 is 2.00 bits per heavy atom. The fraction of sp³-hybridized carbons (Fsp3) is 0.923. The van der Waals surface area contributed by atoms with Crippen LogP contribution in [0.4, 0.5) is 0 Å². The molecule has 0 aromatic rings. The summed E-state index contributed by atoms with van der Waals surface area (Å²) in [5.74, 6) is -0.291. The van der Waals surface area contributed by atoms with Crippen LogP contribution in [0.15, 0.2) is 0 Å². The Morgan fingerprint density at radius 1 is 1.37 bits per heavy atom. The monoisotopic (exact) mass is 275 g/mol. The fourth-order valence-corrected chi connectivity index (χ4v) is 2.37. The molecule has 0 bridgehead atoms. The molecule has 1 aliphatic rings. The summed E-state index contributed by atoms with van der Waals surface area (Å²) in [4.78, 5) is 13.6. The second kappa shape index (κ2) is 8.47. The summed E-state index contributed by atoms with van der Waals surface area (Å²) in [6.45, 7) is 6.15. The lowest BCUT2D eigenvalue weighted by atomic mass is 10.2. The molecule has 1 heterocycles. The number of β-amino-alcohol motifs (C(OH)–C–C–N with tert-alkyl or cyclic N) is 1. The normalized spacial score (nSPS) is 24.1. The second-order valence-electron chi connectivity index (χ2n) is 4.55. The van der Waals surface area contributed by atoms with Crippen molar-refractivity contribution in [3.05, 3.63) is 0 Å². The van der Waals surface area contributed by atoms with Crippen LogP contribution in [0.25, 0.3) is 0 Å². The standard InChI is InChI=1S/C13H25NO5/c1-4-18-12(19-5-2)6-7-14-9-10(15)8-11(14)13(16)17-3/h10-12,15H,4-9H2,1-3H3. The number of ether oxygens (including phenoxy) is 3. The Bertz CT molecular complexity index is 268. The highest BCUT2D eigenvalue weighted by Gasteiger charge is 2.36. The highest BCUT2D eigenvalue weighted by Crippen LogP contribution is 2.20. The number of carbonyl (C=O) groups is 1. The van der Waals surface area contributed by atoms with Crippen LogP contribution in [-0.4, -0.2) is 67.8 Å². The van der Waals surface area contributed by atoms with Crippen molar-refractivity contribution in [1.29, 1.82) is 0 Å². The van der Waals surface area contributed by atoms with Gasteiger partial charge < -0.3 is 19.3 Å². The first-order chi connectivity index (χ1) is 9.12. The summed E-state index contributed by atoms with van der Waals surface area (Å²) < 4.78 is 15.7. The van der Waals surface area contributed by atoms with E-state index in [4.69, 9.17) is 14.2 Å². The van der Waals surface area contributed by atoms with Crippen LogP contribution >= 0.6 is 0 Å². The van der Waals surface area contributed by atoms with Gasteiger partial charge in [-0.15, -0.1) is 0 Å². The van der Waals surface area contributed by atoms with Gasteiger partial charge in [-0.05, 0) is 13.8 Å². The first-order valence-electron chi connectivity index (χ1n) is 6.85. The van der Waals surface area contributed by atoms with Gasteiger partial charge in [-0.2, -0.15) is 0 Å². The van der Waals surface area contributed by atoms with Crippen molar-refractivity contribution in [2.75, 3.05) is 33.4 Å². The van der Waals surface area contributed by atoms with E-state index in [-0.39, 0.29) is 18.3 Å². The Labute approximate surface area is 114 Å². The zero-order valence-corrected chi connectivity index (χ0v) is 12.0. The molecule has 0 amide bonds. The first-order valence-corrected chi connectivity index (χ1v) is 6.85. The van der Waals surface area contributed by atoms with E-state index in [2.05, 4.69) is 0 Å². The van der Waals surface area contributed by atoms with Gasteiger partial charge in [0.25, 0.3) is 0 Å². The number of likely N-dealkylation sites (tertiary alicyclic amines) is 1. The molecule has 0 saturated carbocycles. The number of aliphatic hydroxyl groups excluding tert-OH is 1. The molecule has 0 aliphatic carbocycles. The SMILES string of the molecule is CCOC(CCN1CC(O)CC1C(=O)OC)OCC. The van der Waals surface area contributed by atoms with Gasteiger partial charge in [0.2, 0.25) is 0 Å². The molecule has 112 valence electrons. The Balaban J connectivity index is 2.46. The molecule has 0 aromatic carbocycles. The molecular formula is C13H25NO5. The van der Waals surface area contributed by atoms with Crippen molar-refractivity contribution in [2.45, 2.75) is 45.1 Å². The van der Waals surface area contributed by atoms with Crippen LogP contribution in [0.3, 0.4) is 0 Å². The average molecular weight is 275 g/mol. The number of esters is 1. The zero-order valence-electron chi connectivity index (χ0n) is 12.0. The summed E-state index contributed by atoms with van der Waals surface area (Å²) in [5, 5.41) is 9.67. The molecule has 19 heavy (non-hydrogen) atoms. The van der Waals surface area contributed by atoms with Gasteiger partial charge in [-0.3, -0.25) is 9.69 Å². The van der Waals surface area contributed by atoms with Crippen LogP contribution in [0.2, 0.25) is 0 Å². The van der Waals surface area contributed by atoms with E-state index < -0.39 is 6.10 Å². The van der Waals surface area contributed by atoms with E-state index >= 15 is 0 Å². The summed E-state index contributed by atoms with van der Waals surface area (Å²) in [6.07, 6.45) is 0.371. The molecule has 1 N–H and O–H groups in total. The third-order valence-electron chi connectivity index (χ3n) is 3.21. The molecule has 2 unspecified atom stereocenters. The maximum absolute atomic E-state index is 11.6. The van der Waals surface area contributed by atoms with Gasteiger partial charge in [-0.25, -0.2) is 0 Å². The molecule has 2 atom stereocenters. The largest absolute Gasteiger partial charge is 0.468 e. The minimum atomic E-state index is -0.471. The molecule has 0 aromatic heterocycles. The van der Waals surface area contributed by atoms with Crippen LogP contribution in [0.1, 0.15) is 26.7 Å². The van der Waals surface area contributed by atoms with Crippen LogP contribution < -0.4 is 0 Å². The lowest BCUT2D eigenvalue weighted by Gasteiger charge is -2.24. The summed E-state index contributed by atoms with van der Waals surface area (Å²) in [6, 6.07) is -0.357. The number of hydrogen-bond donors (Lipinski definition) is 1. The van der Waals surface area contributed by atoms with Crippen molar-refractivity contribution >= 4 is 5.97 Å². The lowest BCUT2D eigenvalue weighted by molar-refractivity contribution is -0.150. The Kier molecular flexibility index (Phi) is 7.30. The van der Waals surface area contributed by atoms with E-state index in [1.807, 2.05) is 18.7 Å². The average Bonchev–Trinajstić information content (AvgIpc) is 2.77. The van der Waals surface area contributed by atoms with Gasteiger partial charge in [0, 0.05) is 39.1 Å². The van der Waals surface area contributed by atoms with Gasteiger partial charge in [0.1, 0.15) is 6.04 Å². The van der Waals surface area contributed by atoms with Crippen LogP contribution in [0.5, 0.6) is 0 Å². The predicted octanol–water partition coefficient (Wildman–Crippen LogP) is 0.384. The van der Waals surface area contributed by atoms with E-state index in [9.17, 15) is 9.90 Å². The highest BCUT2D eigenvalue weighted by molar-refractivity contribution is 5.76. The van der Waals surface area contributed by atoms with E-state index in [0.29, 0.717) is 39.1 Å². The molecular weight excluding hydrogens is 250 g/mol. The smallest absolute Gasteiger partial charge is 0.323 e. The number of rotatable bonds is 8. The van der Waals surface area contributed by atoms with E-state index in [1.54, 1.807) is 0 Å². The fourth-order valence-electron chi connectivity index (χ4n) is 2.37. The van der Waals surface area contributed by atoms with Crippen LogP contribution in [-0.2, 0) is 19.0 Å². The van der Waals surface area contributed by atoms with Crippen LogP contribution in [0, 0.1) is 0 Å². The van der Waals surface area contributed by atoms with Crippen molar-refractivity contribution < 1.29 is 24.1 Å². The van der Waals surface area contributed by atoms with Crippen molar-refractivity contribution in [1.82, 2.24) is 4.90 Å². The lowest BCUT2D eigenvalue weighted by Crippen LogP contribution is -2.39. The molecule has 1 fully saturated rings. The molecule has 1 saturated heterocycles. The maximum atomic E-state index is 11.6. The number of methoxy groups -OCH3 is 1. The molecule has 1 rings (SSSR count). The Morgan fingerprint density at radius 3 is 2.53 bits per heavy atom. The summed E-state index contributed by atoms with van der Waals surface area (Å²) in [5.41, 5.74) is 0. The minimum absolute atomic E-state index is 0.258. The van der Waals surface area contributed by atoms with E-state index in [1.165, 1.54) is 7.11 Å². The second-order valence-corrected chi connectivity index (χ2v) is 4.55. The third-order valence-corrected chi connectivity index (χ3v) is 3.21. The van der Waals surface area contributed by atoms with Gasteiger partial charge in [0.05, 0.1) is 13.2 Å². The molecule has 6 heteroatoms. The third kappa shape index (κ3) is 5.06. The molecule has 6 nitrogen and oxygen atoms in total. The van der Waals surface area contributed by atoms with Crippen molar-refractivity contribution in [3.8, 4) is 0 Å². The number of carbonyl (C=O) groups excluding carboxylic acids is 1. The number of nitrogens with zero attached hydrogens (tertiary/aromatic N) is 1. The minimum Gasteiger partial charge on any atom is -0.468 e. The molecule has 0 spiro atoms. The van der Waals surface area contributed by atoms with Gasteiger partial charge in [0.15, 0.2) is 6.29 Å². The van der Waals surface area contributed by atoms with Gasteiger partial charge >= 0.3 is 5.97 Å². The molecule has 0 radical (unpaired) electrons. The van der Waals surface area contributed by atoms with Crippen molar-refractivity contribution in [3.63, 3.8) is 0 Å². The first kappa shape index (κ1) is 16.4. The highest BCUT2D eigenvalue weighted by atomic mass is 16.7. The number of hydrogen-bond acceptors (Lipinski definition) is 6. The van der Waals surface area contributed by atoms with Gasteiger partial charge in [-0.1, -0.05) is 0 Å². The Hall–Kier alpha value is -0.690.